The van der Waals surface area contributed by atoms with Crippen molar-refractivity contribution in [1.29, 1.82) is 0 Å². The third-order valence-electron chi connectivity index (χ3n) is 3.45. The summed E-state index contributed by atoms with van der Waals surface area (Å²) in [6, 6.07) is 6.08. The highest BCUT2D eigenvalue weighted by atomic mass is 19.4. The predicted molar refractivity (Wildman–Crippen MR) is 93.4 cm³/mol. The van der Waals surface area contributed by atoms with Crippen molar-refractivity contribution in [3.05, 3.63) is 47.3 Å². The molecule has 9 heteroatoms. The zero-order chi connectivity index (χ0) is 19.3. The molecule has 0 aliphatic heterocycles. The monoisotopic (exact) mass is 367 g/mol. The molecule has 0 aliphatic rings. The summed E-state index contributed by atoms with van der Waals surface area (Å²) in [6.45, 7) is 2.37. The van der Waals surface area contributed by atoms with Crippen molar-refractivity contribution >= 4 is 17.5 Å². The van der Waals surface area contributed by atoms with E-state index in [9.17, 15) is 18.0 Å². The lowest BCUT2D eigenvalue weighted by molar-refractivity contribution is -0.137. The minimum Gasteiger partial charge on any atom is -0.368 e. The third kappa shape index (κ3) is 5.33. The van der Waals surface area contributed by atoms with Gasteiger partial charge in [-0.1, -0.05) is 6.07 Å². The lowest BCUT2D eigenvalue weighted by Gasteiger charge is -2.14. The van der Waals surface area contributed by atoms with Crippen molar-refractivity contribution in [3.63, 3.8) is 0 Å². The number of aryl methyl sites for hydroxylation is 1. The normalized spacial score (nSPS) is 11.2. The number of aromatic nitrogens is 2. The first kappa shape index (κ1) is 19.5. The van der Waals surface area contributed by atoms with Gasteiger partial charge in [0, 0.05) is 38.8 Å². The summed E-state index contributed by atoms with van der Waals surface area (Å²) in [5.41, 5.74) is -0.886. The summed E-state index contributed by atoms with van der Waals surface area (Å²) in [7, 11) is 3.72. The van der Waals surface area contributed by atoms with Crippen molar-refractivity contribution in [1.82, 2.24) is 15.3 Å². The maximum absolute atomic E-state index is 12.7. The molecule has 0 saturated carbocycles. The fraction of sp³-hybridized carbons (Fsp3) is 0.353. The van der Waals surface area contributed by atoms with E-state index in [0.29, 0.717) is 18.2 Å². The SMILES string of the molecule is Cc1nc(NCCNC(=O)c2cccc(C(F)(F)F)c2)cc(N(C)C)n1. The van der Waals surface area contributed by atoms with Crippen LogP contribution in [0.25, 0.3) is 0 Å². The first-order valence-electron chi connectivity index (χ1n) is 7.89. The van der Waals surface area contributed by atoms with E-state index in [2.05, 4.69) is 20.6 Å². The van der Waals surface area contributed by atoms with Gasteiger partial charge in [0.05, 0.1) is 5.56 Å². The van der Waals surface area contributed by atoms with Crippen LogP contribution in [0.4, 0.5) is 24.8 Å². The van der Waals surface area contributed by atoms with Crippen LogP contribution in [0.3, 0.4) is 0 Å². The minimum absolute atomic E-state index is 0.0346. The molecule has 0 saturated heterocycles. The van der Waals surface area contributed by atoms with Crippen LogP contribution in [0.1, 0.15) is 21.7 Å². The second-order valence-corrected chi connectivity index (χ2v) is 5.81. The van der Waals surface area contributed by atoms with Crippen LogP contribution in [0.15, 0.2) is 30.3 Å². The maximum atomic E-state index is 12.7. The van der Waals surface area contributed by atoms with Gasteiger partial charge in [0.2, 0.25) is 0 Å². The lowest BCUT2D eigenvalue weighted by atomic mass is 10.1. The zero-order valence-electron chi connectivity index (χ0n) is 14.7. The molecule has 2 N–H and O–H groups in total. The van der Waals surface area contributed by atoms with Gasteiger partial charge in [-0.2, -0.15) is 13.2 Å². The highest BCUT2D eigenvalue weighted by molar-refractivity contribution is 5.94. The Morgan fingerprint density at radius 1 is 1.15 bits per heavy atom. The Bertz CT molecular complexity index is 777. The molecule has 1 heterocycles. The first-order valence-corrected chi connectivity index (χ1v) is 7.89. The van der Waals surface area contributed by atoms with Gasteiger partial charge >= 0.3 is 6.18 Å². The molecule has 0 spiro atoms. The number of anilines is 2. The molecule has 0 bridgehead atoms. The Labute approximate surface area is 149 Å². The second kappa shape index (κ2) is 8.03. The van der Waals surface area contributed by atoms with Crippen molar-refractivity contribution in [2.24, 2.45) is 0 Å². The highest BCUT2D eigenvalue weighted by Gasteiger charge is 2.30. The minimum atomic E-state index is -4.48. The van der Waals surface area contributed by atoms with Crippen molar-refractivity contribution in [2.45, 2.75) is 13.1 Å². The molecule has 6 nitrogen and oxygen atoms in total. The smallest absolute Gasteiger partial charge is 0.368 e. The summed E-state index contributed by atoms with van der Waals surface area (Å²) in [4.78, 5) is 22.4. The molecule has 26 heavy (non-hydrogen) atoms. The number of hydrogen-bond acceptors (Lipinski definition) is 5. The van der Waals surface area contributed by atoms with Gasteiger partial charge in [0.1, 0.15) is 17.5 Å². The standard InChI is InChI=1S/C17H20F3N5O/c1-11-23-14(10-15(24-11)25(2)3)21-7-8-22-16(26)12-5-4-6-13(9-12)17(18,19)20/h4-6,9-10H,7-8H2,1-3H3,(H,22,26)(H,21,23,24). The van der Waals surface area contributed by atoms with Gasteiger partial charge < -0.3 is 15.5 Å². The summed E-state index contributed by atoms with van der Waals surface area (Å²) >= 11 is 0. The van der Waals surface area contributed by atoms with E-state index in [-0.39, 0.29) is 12.1 Å². The van der Waals surface area contributed by atoms with E-state index in [1.54, 1.807) is 13.0 Å². The quantitative estimate of drug-likeness (QED) is 0.769. The zero-order valence-corrected chi connectivity index (χ0v) is 14.7. The van der Waals surface area contributed by atoms with Crippen molar-refractivity contribution < 1.29 is 18.0 Å². The summed E-state index contributed by atoms with van der Waals surface area (Å²) in [5.74, 6) is 1.39. The molecule has 0 aliphatic carbocycles. The maximum Gasteiger partial charge on any atom is 0.416 e. The molecule has 2 aromatic rings. The number of amides is 1. The van der Waals surface area contributed by atoms with Crippen LogP contribution >= 0.6 is 0 Å². The number of benzene rings is 1. The van der Waals surface area contributed by atoms with Crippen LogP contribution in [0, 0.1) is 6.92 Å². The third-order valence-corrected chi connectivity index (χ3v) is 3.45. The lowest BCUT2D eigenvalue weighted by Crippen LogP contribution is -2.29. The molecular formula is C17H20F3N5O. The Hall–Kier alpha value is -2.84. The molecule has 0 atom stereocenters. The van der Waals surface area contributed by atoms with Gasteiger partial charge in [0.15, 0.2) is 0 Å². The number of hydrogen-bond donors (Lipinski definition) is 2. The van der Waals surface area contributed by atoms with Crippen LogP contribution in [-0.2, 0) is 6.18 Å². The van der Waals surface area contributed by atoms with E-state index in [1.165, 1.54) is 12.1 Å². The molecule has 140 valence electrons. The Balaban J connectivity index is 1.90. The number of nitrogens with zero attached hydrogens (tertiary/aromatic N) is 3. The van der Waals surface area contributed by atoms with Gasteiger partial charge in [-0.05, 0) is 25.1 Å². The number of halogens is 3. The fourth-order valence-electron chi connectivity index (χ4n) is 2.18. The largest absolute Gasteiger partial charge is 0.416 e. The Kier molecular flexibility index (Phi) is 6.01. The first-order chi connectivity index (χ1) is 12.2. The van der Waals surface area contributed by atoms with Gasteiger partial charge in [-0.3, -0.25) is 4.79 Å². The van der Waals surface area contributed by atoms with Crippen LogP contribution in [0.5, 0.6) is 0 Å². The molecule has 0 radical (unpaired) electrons. The van der Waals surface area contributed by atoms with Crippen LogP contribution in [-0.4, -0.2) is 43.1 Å². The number of rotatable bonds is 6. The summed E-state index contributed by atoms with van der Waals surface area (Å²) in [6.07, 6.45) is -4.48. The molecular weight excluding hydrogens is 347 g/mol. The van der Waals surface area contributed by atoms with Gasteiger partial charge in [0.25, 0.3) is 5.91 Å². The van der Waals surface area contributed by atoms with E-state index in [1.807, 2.05) is 19.0 Å². The molecule has 0 fully saturated rings. The number of alkyl halides is 3. The number of carbonyl (C=O) groups excluding carboxylic acids is 1. The predicted octanol–water partition coefficient (Wildman–Crippen LogP) is 2.71. The molecule has 0 unspecified atom stereocenters. The van der Waals surface area contributed by atoms with E-state index >= 15 is 0 Å². The number of nitrogens with one attached hydrogen (secondary N) is 2. The van der Waals surface area contributed by atoms with E-state index in [0.717, 1.165) is 18.0 Å². The van der Waals surface area contributed by atoms with Gasteiger partial charge in [-0.25, -0.2) is 9.97 Å². The Morgan fingerprint density at radius 2 is 1.88 bits per heavy atom. The van der Waals surface area contributed by atoms with E-state index in [4.69, 9.17) is 0 Å². The molecule has 1 amide bonds. The van der Waals surface area contributed by atoms with E-state index < -0.39 is 17.6 Å². The van der Waals surface area contributed by atoms with Crippen LogP contribution in [0.2, 0.25) is 0 Å². The molecule has 1 aromatic carbocycles. The summed E-state index contributed by atoms with van der Waals surface area (Å²) in [5, 5.41) is 5.63. The van der Waals surface area contributed by atoms with Gasteiger partial charge in [-0.15, -0.1) is 0 Å². The topological polar surface area (TPSA) is 70.2 Å². The fourth-order valence-corrected chi connectivity index (χ4v) is 2.18. The second-order valence-electron chi connectivity index (χ2n) is 5.81. The average molecular weight is 367 g/mol. The average Bonchev–Trinajstić information content (AvgIpc) is 2.57. The van der Waals surface area contributed by atoms with Crippen molar-refractivity contribution in [3.8, 4) is 0 Å². The van der Waals surface area contributed by atoms with Crippen molar-refractivity contribution in [2.75, 3.05) is 37.4 Å². The summed E-state index contributed by atoms with van der Waals surface area (Å²) < 4.78 is 38.1. The van der Waals surface area contributed by atoms with Crippen LogP contribution < -0.4 is 15.5 Å². The number of carbonyl (C=O) groups is 1. The molecule has 1 aromatic heterocycles. The highest BCUT2D eigenvalue weighted by Crippen LogP contribution is 2.29. The Morgan fingerprint density at radius 3 is 2.54 bits per heavy atom. The molecule has 2 rings (SSSR count).